The fourth-order valence-corrected chi connectivity index (χ4v) is 3.35. The van der Waals surface area contributed by atoms with Crippen molar-refractivity contribution < 1.29 is 24.2 Å². The topological polar surface area (TPSA) is 106 Å². The molecule has 3 aromatic rings. The number of carboxylic acid groups (broad SMARTS) is 1. The highest BCUT2D eigenvalue weighted by Crippen LogP contribution is 2.26. The molecule has 2 N–H and O–H groups in total. The lowest BCUT2D eigenvalue weighted by atomic mass is 9.96. The summed E-state index contributed by atoms with van der Waals surface area (Å²) in [6.45, 7) is 3.49. The fraction of sp³-hybridized carbons (Fsp3) is 0.273. The lowest BCUT2D eigenvalue weighted by molar-refractivity contribution is -0.145. The smallest absolute Gasteiger partial charge is 0.326 e. The number of hydrogen-bond donors (Lipinski definition) is 2. The number of carbonyl (C=O) groups excluding carboxylic acids is 2. The van der Waals surface area contributed by atoms with Crippen molar-refractivity contribution in [1.82, 2.24) is 10.3 Å². The van der Waals surface area contributed by atoms with E-state index in [1.54, 1.807) is 50.2 Å². The summed E-state index contributed by atoms with van der Waals surface area (Å²) in [5, 5.41) is 13.5. The number of nitrogens with one attached hydrogen (secondary N) is 1. The number of fused-ring (bicyclic) bond motifs is 2. The van der Waals surface area contributed by atoms with Crippen LogP contribution in [0.5, 0.6) is 0 Å². The molecule has 0 radical (unpaired) electrons. The second-order valence-corrected chi connectivity index (χ2v) is 6.80. The van der Waals surface area contributed by atoms with Crippen molar-refractivity contribution in [3.8, 4) is 0 Å². The monoisotopic (exact) mass is 394 g/mol. The molecule has 0 aliphatic carbocycles. The second kappa shape index (κ2) is 8.68. The van der Waals surface area contributed by atoms with Crippen LogP contribution in [0.25, 0.3) is 21.8 Å². The number of aliphatic carboxylic acids is 1. The molecule has 0 saturated carbocycles. The minimum absolute atomic E-state index is 0.108. The third kappa shape index (κ3) is 4.34. The highest BCUT2D eigenvalue weighted by atomic mass is 16.5. The molecule has 0 aliphatic heterocycles. The summed E-state index contributed by atoms with van der Waals surface area (Å²) >= 11 is 0. The van der Waals surface area contributed by atoms with Crippen LogP contribution in [0.4, 0.5) is 0 Å². The molecule has 0 spiro atoms. The zero-order chi connectivity index (χ0) is 21.0. The molecule has 1 amide bonds. The van der Waals surface area contributed by atoms with Gasteiger partial charge in [-0.05, 0) is 25.0 Å². The number of nitrogens with zero attached hydrogens (tertiary/aromatic N) is 1. The maximum absolute atomic E-state index is 13.2. The molecule has 0 unspecified atom stereocenters. The Kier molecular flexibility index (Phi) is 6.07. The van der Waals surface area contributed by atoms with Gasteiger partial charge >= 0.3 is 11.9 Å². The fourth-order valence-electron chi connectivity index (χ4n) is 3.35. The van der Waals surface area contributed by atoms with Crippen LogP contribution < -0.4 is 5.32 Å². The Morgan fingerprint density at radius 1 is 1.03 bits per heavy atom. The first-order valence-electron chi connectivity index (χ1n) is 9.39. The number of rotatable bonds is 7. The maximum atomic E-state index is 13.2. The van der Waals surface area contributed by atoms with Crippen molar-refractivity contribution >= 4 is 39.7 Å². The molecular weight excluding hydrogens is 372 g/mol. The van der Waals surface area contributed by atoms with E-state index < -0.39 is 29.8 Å². The number of amides is 1. The average Bonchev–Trinajstić information content (AvgIpc) is 2.69. The Morgan fingerprint density at radius 2 is 1.59 bits per heavy atom. The summed E-state index contributed by atoms with van der Waals surface area (Å²) in [5.41, 5.74) is 1.64. The van der Waals surface area contributed by atoms with Crippen LogP contribution in [0, 0.1) is 5.92 Å². The number of carbonyl (C=O) groups is 3. The van der Waals surface area contributed by atoms with E-state index in [1.165, 1.54) is 0 Å². The summed E-state index contributed by atoms with van der Waals surface area (Å²) in [6, 6.07) is 13.2. The molecule has 0 aliphatic rings. The standard InChI is InChI=1S/C22H22N2O5/c1-3-29-18(25)12-13(2)20(22(27)28)24-21(26)19-14-8-4-6-10-16(14)23-17-11-7-5-9-15(17)19/h4-11,13,20H,3,12H2,1-2H3,(H,24,26)(H,27,28)/t13-,20-/m0/s1. The number of ether oxygens (including phenoxy) is 1. The molecular formula is C22H22N2O5. The van der Waals surface area contributed by atoms with E-state index in [9.17, 15) is 19.5 Å². The molecule has 0 saturated heterocycles. The van der Waals surface area contributed by atoms with Crippen molar-refractivity contribution in [3.05, 3.63) is 54.1 Å². The van der Waals surface area contributed by atoms with Gasteiger partial charge in [0, 0.05) is 10.8 Å². The van der Waals surface area contributed by atoms with E-state index in [4.69, 9.17) is 4.74 Å². The van der Waals surface area contributed by atoms with E-state index in [0.29, 0.717) is 27.4 Å². The van der Waals surface area contributed by atoms with E-state index >= 15 is 0 Å². The molecule has 0 bridgehead atoms. The van der Waals surface area contributed by atoms with Crippen molar-refractivity contribution in [2.45, 2.75) is 26.3 Å². The zero-order valence-electron chi connectivity index (χ0n) is 16.2. The third-order valence-corrected chi connectivity index (χ3v) is 4.73. The number of carboxylic acids is 1. The lowest BCUT2D eigenvalue weighted by Gasteiger charge is -2.21. The van der Waals surface area contributed by atoms with E-state index in [1.807, 2.05) is 12.1 Å². The molecule has 3 rings (SSSR count). The van der Waals surface area contributed by atoms with Crippen molar-refractivity contribution in [3.63, 3.8) is 0 Å². The van der Waals surface area contributed by atoms with E-state index in [-0.39, 0.29) is 13.0 Å². The van der Waals surface area contributed by atoms with Crippen molar-refractivity contribution in [1.29, 1.82) is 0 Å². The molecule has 0 fully saturated rings. The minimum atomic E-state index is -1.24. The van der Waals surface area contributed by atoms with E-state index in [0.717, 1.165) is 0 Å². The summed E-state index contributed by atoms with van der Waals surface area (Å²) in [4.78, 5) is 41.3. The second-order valence-electron chi connectivity index (χ2n) is 6.80. The van der Waals surface area contributed by atoms with Crippen molar-refractivity contribution in [2.24, 2.45) is 5.92 Å². The van der Waals surface area contributed by atoms with Gasteiger partial charge in [0.25, 0.3) is 5.91 Å². The van der Waals surface area contributed by atoms with Crippen LogP contribution in [0.2, 0.25) is 0 Å². The molecule has 29 heavy (non-hydrogen) atoms. The van der Waals surface area contributed by atoms with Gasteiger partial charge in [-0.1, -0.05) is 43.3 Å². The largest absolute Gasteiger partial charge is 0.480 e. The number of hydrogen-bond acceptors (Lipinski definition) is 5. The number of aromatic nitrogens is 1. The highest BCUT2D eigenvalue weighted by Gasteiger charge is 2.30. The van der Waals surface area contributed by atoms with Crippen LogP contribution >= 0.6 is 0 Å². The summed E-state index contributed by atoms with van der Waals surface area (Å²) < 4.78 is 4.89. The predicted octanol–water partition coefficient (Wildman–Crippen LogP) is 3.16. The highest BCUT2D eigenvalue weighted by molar-refractivity contribution is 6.16. The quantitative estimate of drug-likeness (QED) is 0.471. The molecule has 1 heterocycles. The molecule has 150 valence electrons. The van der Waals surface area contributed by atoms with Crippen LogP contribution in [0.1, 0.15) is 30.6 Å². The van der Waals surface area contributed by atoms with Gasteiger partial charge in [-0.25, -0.2) is 9.78 Å². The van der Waals surface area contributed by atoms with Crippen molar-refractivity contribution in [2.75, 3.05) is 6.61 Å². The Morgan fingerprint density at radius 3 is 2.10 bits per heavy atom. The summed E-state index contributed by atoms with van der Waals surface area (Å²) in [5.74, 6) is -2.88. The molecule has 7 nitrogen and oxygen atoms in total. The third-order valence-electron chi connectivity index (χ3n) is 4.73. The van der Waals surface area contributed by atoms with Gasteiger partial charge in [0.05, 0.1) is 29.6 Å². The Bertz CT molecular complexity index is 1030. The first-order chi connectivity index (χ1) is 13.9. The average molecular weight is 394 g/mol. The Hall–Kier alpha value is -3.48. The molecule has 2 aromatic carbocycles. The number of pyridine rings is 1. The number of benzene rings is 2. The van der Waals surface area contributed by atoms with Gasteiger partial charge in [-0.3, -0.25) is 9.59 Å². The zero-order valence-corrected chi connectivity index (χ0v) is 16.2. The number of esters is 1. The molecule has 2 atom stereocenters. The molecule has 7 heteroatoms. The summed E-state index contributed by atoms with van der Waals surface area (Å²) in [7, 11) is 0. The minimum Gasteiger partial charge on any atom is -0.480 e. The Labute approximate surface area is 167 Å². The SMILES string of the molecule is CCOC(=O)C[C@H](C)[C@H](NC(=O)c1c2ccccc2nc2ccccc12)C(=O)O. The van der Waals surface area contributed by atoms with Gasteiger partial charge in [-0.15, -0.1) is 0 Å². The number of para-hydroxylation sites is 2. The predicted molar refractivity (Wildman–Crippen MR) is 109 cm³/mol. The normalized spacial score (nSPS) is 13.0. The lowest BCUT2D eigenvalue weighted by Crippen LogP contribution is -2.46. The first kappa shape index (κ1) is 20.3. The maximum Gasteiger partial charge on any atom is 0.326 e. The van der Waals surface area contributed by atoms with Gasteiger partial charge in [0.15, 0.2) is 0 Å². The van der Waals surface area contributed by atoms with Crippen LogP contribution in [-0.4, -0.2) is 40.6 Å². The van der Waals surface area contributed by atoms with Gasteiger partial charge in [0.2, 0.25) is 0 Å². The van der Waals surface area contributed by atoms with E-state index in [2.05, 4.69) is 10.3 Å². The van der Waals surface area contributed by atoms with Gasteiger partial charge in [-0.2, -0.15) is 0 Å². The van der Waals surface area contributed by atoms with Crippen LogP contribution in [0.3, 0.4) is 0 Å². The van der Waals surface area contributed by atoms with Crippen LogP contribution in [0.15, 0.2) is 48.5 Å². The van der Waals surface area contributed by atoms with Gasteiger partial charge < -0.3 is 15.2 Å². The first-order valence-corrected chi connectivity index (χ1v) is 9.39. The van der Waals surface area contributed by atoms with Crippen LogP contribution in [-0.2, 0) is 14.3 Å². The van der Waals surface area contributed by atoms with Gasteiger partial charge in [0.1, 0.15) is 6.04 Å². The Balaban J connectivity index is 1.99. The summed E-state index contributed by atoms with van der Waals surface area (Å²) in [6.07, 6.45) is -0.108. The molecule has 1 aromatic heterocycles.